The van der Waals surface area contributed by atoms with E-state index in [1.165, 1.54) is 11.3 Å². The molecule has 15 heavy (non-hydrogen) atoms. The number of sulfonamides is 1. The van der Waals surface area contributed by atoms with Crippen molar-refractivity contribution in [1.82, 2.24) is 4.72 Å². The summed E-state index contributed by atoms with van der Waals surface area (Å²) in [6, 6.07) is 1.45. The van der Waals surface area contributed by atoms with Crippen LogP contribution in [0.25, 0.3) is 0 Å². The maximum absolute atomic E-state index is 11.7. The molecule has 0 fully saturated rings. The quantitative estimate of drug-likeness (QED) is 0.883. The van der Waals surface area contributed by atoms with Gasteiger partial charge in [0.2, 0.25) is 10.0 Å². The van der Waals surface area contributed by atoms with Crippen LogP contribution in [0.5, 0.6) is 0 Å². The third-order valence-corrected chi connectivity index (χ3v) is 5.73. The van der Waals surface area contributed by atoms with Crippen LogP contribution in [0.4, 0.5) is 0 Å². The monoisotopic (exact) mass is 312 g/mol. The third-order valence-electron chi connectivity index (χ3n) is 1.69. The number of nitrogens with one attached hydrogen (secondary N) is 1. The van der Waals surface area contributed by atoms with Gasteiger partial charge in [-0.25, -0.2) is 13.1 Å². The molecule has 7 heteroatoms. The van der Waals surface area contributed by atoms with Gasteiger partial charge < -0.3 is 5.73 Å². The molecule has 0 aliphatic heterocycles. The van der Waals surface area contributed by atoms with Crippen LogP contribution in [0.2, 0.25) is 0 Å². The minimum absolute atomic E-state index is 0.190. The van der Waals surface area contributed by atoms with Crippen molar-refractivity contribution in [2.75, 3.05) is 6.54 Å². The number of hydrogen-bond donors (Lipinski definition) is 2. The topological polar surface area (TPSA) is 72.2 Å². The molecule has 86 valence electrons. The number of nitrogens with two attached hydrogens (primary N) is 1. The van der Waals surface area contributed by atoms with E-state index in [1.807, 2.05) is 6.92 Å². The molecule has 0 bridgehead atoms. The average Bonchev–Trinajstić information content (AvgIpc) is 2.45. The van der Waals surface area contributed by atoms with Crippen LogP contribution < -0.4 is 10.5 Å². The van der Waals surface area contributed by atoms with Gasteiger partial charge in [-0.05, 0) is 41.4 Å². The summed E-state index contributed by atoms with van der Waals surface area (Å²) in [5.41, 5.74) is 6.40. The number of thiophene rings is 1. The predicted molar refractivity (Wildman–Crippen MR) is 65.6 cm³/mol. The van der Waals surface area contributed by atoms with Crippen LogP contribution in [0, 0.1) is 6.92 Å². The Morgan fingerprint density at radius 1 is 1.67 bits per heavy atom. The van der Waals surface area contributed by atoms with Gasteiger partial charge in [0, 0.05) is 12.6 Å². The number of hydrogen-bond acceptors (Lipinski definition) is 4. The molecule has 1 rings (SSSR count). The van der Waals surface area contributed by atoms with Gasteiger partial charge in [0.25, 0.3) is 0 Å². The standard InChI is InChI=1S/C8H13BrN2O2S2/c1-5-3-7(14-8(5)9)15(12,13)11-4-6(2)10/h3,6,11H,4,10H2,1-2H3. The average molecular weight is 313 g/mol. The normalized spacial score (nSPS) is 14.1. The summed E-state index contributed by atoms with van der Waals surface area (Å²) >= 11 is 4.49. The van der Waals surface area contributed by atoms with Crippen molar-refractivity contribution < 1.29 is 8.42 Å². The lowest BCUT2D eigenvalue weighted by Crippen LogP contribution is -2.34. The fourth-order valence-electron chi connectivity index (χ4n) is 0.877. The van der Waals surface area contributed by atoms with E-state index in [0.29, 0.717) is 4.21 Å². The molecular formula is C8H13BrN2O2S2. The molecule has 1 unspecified atom stereocenters. The fraction of sp³-hybridized carbons (Fsp3) is 0.500. The largest absolute Gasteiger partial charge is 0.327 e. The Hall–Kier alpha value is 0.0500. The summed E-state index contributed by atoms with van der Waals surface area (Å²) in [6.45, 7) is 3.85. The zero-order chi connectivity index (χ0) is 11.6. The summed E-state index contributed by atoms with van der Waals surface area (Å²) < 4.78 is 27.1. The molecule has 4 nitrogen and oxygen atoms in total. The highest BCUT2D eigenvalue weighted by Crippen LogP contribution is 2.30. The molecule has 1 heterocycles. The fourth-order valence-corrected chi connectivity index (χ4v) is 4.29. The molecule has 0 spiro atoms. The summed E-state index contributed by atoms with van der Waals surface area (Å²) in [5.74, 6) is 0. The summed E-state index contributed by atoms with van der Waals surface area (Å²) in [6.07, 6.45) is 0. The Balaban J connectivity index is 2.87. The lowest BCUT2D eigenvalue weighted by atomic mass is 10.4. The van der Waals surface area contributed by atoms with Gasteiger partial charge in [-0.15, -0.1) is 11.3 Å². The Morgan fingerprint density at radius 3 is 2.67 bits per heavy atom. The van der Waals surface area contributed by atoms with Crippen molar-refractivity contribution in [2.24, 2.45) is 5.73 Å². The zero-order valence-electron chi connectivity index (χ0n) is 8.45. The lowest BCUT2D eigenvalue weighted by Gasteiger charge is -2.06. The van der Waals surface area contributed by atoms with Crippen molar-refractivity contribution in [1.29, 1.82) is 0 Å². The van der Waals surface area contributed by atoms with Crippen molar-refractivity contribution in [2.45, 2.75) is 24.1 Å². The second-order valence-electron chi connectivity index (χ2n) is 3.35. The van der Waals surface area contributed by atoms with Crippen LogP contribution in [-0.2, 0) is 10.0 Å². The second kappa shape index (κ2) is 4.92. The van der Waals surface area contributed by atoms with E-state index in [-0.39, 0.29) is 12.6 Å². The minimum atomic E-state index is -3.40. The molecule has 0 aromatic carbocycles. The highest BCUT2D eigenvalue weighted by molar-refractivity contribution is 9.11. The predicted octanol–water partition coefficient (Wildman–Crippen LogP) is 1.44. The maximum atomic E-state index is 11.7. The molecular weight excluding hydrogens is 300 g/mol. The molecule has 0 aliphatic rings. The van der Waals surface area contributed by atoms with Gasteiger partial charge in [0.15, 0.2) is 0 Å². The first-order valence-electron chi connectivity index (χ1n) is 4.34. The van der Waals surface area contributed by atoms with Crippen molar-refractivity contribution in [3.05, 3.63) is 15.4 Å². The van der Waals surface area contributed by atoms with E-state index in [0.717, 1.165) is 9.35 Å². The maximum Gasteiger partial charge on any atom is 0.250 e. The van der Waals surface area contributed by atoms with Gasteiger partial charge in [-0.1, -0.05) is 0 Å². The smallest absolute Gasteiger partial charge is 0.250 e. The van der Waals surface area contributed by atoms with Gasteiger partial charge in [0.1, 0.15) is 4.21 Å². The first kappa shape index (κ1) is 13.1. The summed E-state index contributed by atoms with van der Waals surface area (Å²) in [5, 5.41) is 0. The van der Waals surface area contributed by atoms with Gasteiger partial charge in [-0.2, -0.15) is 0 Å². The van der Waals surface area contributed by atoms with Crippen LogP contribution >= 0.6 is 27.3 Å². The first-order chi connectivity index (χ1) is 6.83. The van der Waals surface area contributed by atoms with Crippen molar-refractivity contribution in [3.63, 3.8) is 0 Å². The van der Waals surface area contributed by atoms with Crippen LogP contribution in [-0.4, -0.2) is 21.0 Å². The minimum Gasteiger partial charge on any atom is -0.327 e. The Bertz CT molecular complexity index is 420. The Morgan fingerprint density at radius 2 is 2.27 bits per heavy atom. The third kappa shape index (κ3) is 3.53. The van der Waals surface area contributed by atoms with E-state index in [2.05, 4.69) is 20.7 Å². The molecule has 0 aliphatic carbocycles. The Kier molecular flexibility index (Phi) is 4.30. The molecule has 1 atom stereocenters. The van der Waals surface area contributed by atoms with E-state index in [4.69, 9.17) is 5.73 Å². The molecule has 0 radical (unpaired) electrons. The molecule has 0 amide bonds. The van der Waals surface area contributed by atoms with Crippen molar-refractivity contribution >= 4 is 37.3 Å². The van der Waals surface area contributed by atoms with Crippen LogP contribution in [0.1, 0.15) is 12.5 Å². The van der Waals surface area contributed by atoms with Crippen LogP contribution in [0.15, 0.2) is 14.1 Å². The second-order valence-corrected chi connectivity index (χ2v) is 7.72. The highest BCUT2D eigenvalue weighted by Gasteiger charge is 2.17. The van der Waals surface area contributed by atoms with Gasteiger partial charge in [-0.3, -0.25) is 0 Å². The zero-order valence-corrected chi connectivity index (χ0v) is 11.7. The van der Waals surface area contributed by atoms with E-state index in [9.17, 15) is 8.42 Å². The SMILES string of the molecule is Cc1cc(S(=O)(=O)NCC(C)N)sc1Br. The summed E-state index contributed by atoms with van der Waals surface area (Å²) in [4.78, 5) is 0. The number of halogens is 1. The van der Waals surface area contributed by atoms with E-state index in [1.54, 1.807) is 13.0 Å². The van der Waals surface area contributed by atoms with E-state index < -0.39 is 10.0 Å². The lowest BCUT2D eigenvalue weighted by molar-refractivity contribution is 0.576. The molecule has 0 saturated carbocycles. The first-order valence-corrected chi connectivity index (χ1v) is 7.43. The number of aryl methyl sites for hydroxylation is 1. The van der Waals surface area contributed by atoms with Gasteiger partial charge >= 0.3 is 0 Å². The summed E-state index contributed by atoms with van der Waals surface area (Å²) in [7, 11) is -3.40. The highest BCUT2D eigenvalue weighted by atomic mass is 79.9. The molecule has 0 saturated heterocycles. The molecule has 1 aromatic rings. The molecule has 3 N–H and O–H groups in total. The van der Waals surface area contributed by atoms with Gasteiger partial charge in [0.05, 0.1) is 3.79 Å². The molecule has 1 aromatic heterocycles. The van der Waals surface area contributed by atoms with E-state index >= 15 is 0 Å². The Labute approximate surface area is 102 Å². The van der Waals surface area contributed by atoms with Crippen molar-refractivity contribution in [3.8, 4) is 0 Å². The van der Waals surface area contributed by atoms with Crippen LogP contribution in [0.3, 0.4) is 0 Å². The number of rotatable bonds is 4.